The minimum atomic E-state index is -0.245. The average molecular weight is 262 g/mol. The number of nitrogens with one attached hydrogen (secondary N) is 1. The van der Waals surface area contributed by atoms with Crippen molar-refractivity contribution in [1.29, 1.82) is 0 Å². The Morgan fingerprint density at radius 2 is 2.33 bits per heavy atom. The summed E-state index contributed by atoms with van der Waals surface area (Å²) in [6.07, 6.45) is 6.52. The van der Waals surface area contributed by atoms with Gasteiger partial charge >= 0.3 is 0 Å². The van der Waals surface area contributed by atoms with E-state index in [0.29, 0.717) is 5.56 Å². The zero-order chi connectivity index (χ0) is 12.5. The van der Waals surface area contributed by atoms with Crippen molar-refractivity contribution in [2.45, 2.75) is 25.3 Å². The lowest BCUT2D eigenvalue weighted by atomic mass is 10.1. The van der Waals surface area contributed by atoms with Gasteiger partial charge in [-0.3, -0.25) is 4.98 Å². The SMILES string of the molecule is CNC(c1cc2c(s1)CCC2)c1ccncc1F. The van der Waals surface area contributed by atoms with Crippen LogP contribution in [0, 0.1) is 5.82 Å². The van der Waals surface area contributed by atoms with Crippen LogP contribution in [0.15, 0.2) is 24.5 Å². The average Bonchev–Trinajstić information content (AvgIpc) is 2.93. The third kappa shape index (κ3) is 1.95. The lowest BCUT2D eigenvalue weighted by molar-refractivity contribution is 0.573. The molecule has 2 nitrogen and oxygen atoms in total. The van der Waals surface area contributed by atoms with Gasteiger partial charge < -0.3 is 5.32 Å². The Kier molecular flexibility index (Phi) is 3.14. The molecule has 4 heteroatoms. The summed E-state index contributed by atoms with van der Waals surface area (Å²) in [7, 11) is 1.87. The Hall–Kier alpha value is -1.26. The Balaban J connectivity index is 1.99. The number of pyridine rings is 1. The third-order valence-corrected chi connectivity index (χ3v) is 4.76. The highest BCUT2D eigenvalue weighted by molar-refractivity contribution is 7.12. The summed E-state index contributed by atoms with van der Waals surface area (Å²) in [4.78, 5) is 6.48. The Bertz CT molecular complexity index is 543. The Morgan fingerprint density at radius 3 is 3.06 bits per heavy atom. The number of fused-ring (bicyclic) bond motifs is 1. The number of aryl methyl sites for hydroxylation is 2. The number of hydrogen-bond donors (Lipinski definition) is 1. The highest BCUT2D eigenvalue weighted by atomic mass is 32.1. The van der Waals surface area contributed by atoms with Crippen LogP contribution in [0.5, 0.6) is 0 Å². The quantitative estimate of drug-likeness (QED) is 0.919. The summed E-state index contributed by atoms with van der Waals surface area (Å²) in [6.45, 7) is 0. The monoisotopic (exact) mass is 262 g/mol. The molecule has 0 aliphatic heterocycles. The van der Waals surface area contributed by atoms with Crippen molar-refractivity contribution in [3.8, 4) is 0 Å². The molecule has 0 saturated carbocycles. The summed E-state index contributed by atoms with van der Waals surface area (Å²) in [5.74, 6) is -0.245. The second kappa shape index (κ2) is 4.78. The first kappa shape index (κ1) is 11.8. The summed E-state index contributed by atoms with van der Waals surface area (Å²) in [5, 5.41) is 3.21. The second-order valence-corrected chi connectivity index (χ2v) is 5.74. The number of rotatable bonds is 3. The highest BCUT2D eigenvalue weighted by Crippen LogP contribution is 2.36. The number of nitrogens with zero attached hydrogens (tertiary/aromatic N) is 1. The van der Waals surface area contributed by atoms with Gasteiger partial charge in [0.15, 0.2) is 0 Å². The molecule has 0 spiro atoms. The van der Waals surface area contributed by atoms with Gasteiger partial charge in [-0.25, -0.2) is 4.39 Å². The smallest absolute Gasteiger partial charge is 0.146 e. The molecule has 1 aliphatic carbocycles. The molecule has 2 aromatic heterocycles. The van der Waals surface area contributed by atoms with Crippen molar-refractivity contribution in [3.05, 3.63) is 51.2 Å². The molecule has 0 bridgehead atoms. The van der Waals surface area contributed by atoms with Gasteiger partial charge in [-0.15, -0.1) is 11.3 Å². The first-order chi connectivity index (χ1) is 8.79. The van der Waals surface area contributed by atoms with Crippen molar-refractivity contribution in [2.75, 3.05) is 7.05 Å². The number of aromatic nitrogens is 1. The van der Waals surface area contributed by atoms with E-state index in [1.807, 2.05) is 18.4 Å². The van der Waals surface area contributed by atoms with Crippen LogP contribution < -0.4 is 5.32 Å². The lowest BCUT2D eigenvalue weighted by Crippen LogP contribution is -2.18. The molecule has 1 aliphatic rings. The zero-order valence-corrected chi connectivity index (χ0v) is 11.1. The molecule has 1 N–H and O–H groups in total. The predicted molar refractivity (Wildman–Crippen MR) is 71.4 cm³/mol. The number of thiophene rings is 1. The van der Waals surface area contributed by atoms with Crippen molar-refractivity contribution >= 4 is 11.3 Å². The molecule has 1 unspecified atom stereocenters. The van der Waals surface area contributed by atoms with Crippen LogP contribution in [0.2, 0.25) is 0 Å². The van der Waals surface area contributed by atoms with Crippen LogP contribution in [0.3, 0.4) is 0 Å². The van der Waals surface area contributed by atoms with E-state index in [0.717, 1.165) is 0 Å². The van der Waals surface area contributed by atoms with Crippen LogP contribution in [-0.4, -0.2) is 12.0 Å². The van der Waals surface area contributed by atoms with Gasteiger partial charge in [0.1, 0.15) is 5.82 Å². The van der Waals surface area contributed by atoms with E-state index in [9.17, 15) is 4.39 Å². The minimum absolute atomic E-state index is 0.0661. The summed E-state index contributed by atoms with van der Waals surface area (Å²) < 4.78 is 13.8. The van der Waals surface area contributed by atoms with Crippen LogP contribution in [-0.2, 0) is 12.8 Å². The van der Waals surface area contributed by atoms with E-state index in [4.69, 9.17) is 0 Å². The second-order valence-electron chi connectivity index (χ2n) is 4.57. The van der Waals surface area contributed by atoms with Crippen molar-refractivity contribution in [3.63, 3.8) is 0 Å². The fraction of sp³-hybridized carbons (Fsp3) is 0.357. The number of halogens is 1. The number of hydrogen-bond acceptors (Lipinski definition) is 3. The van der Waals surface area contributed by atoms with Gasteiger partial charge in [-0.2, -0.15) is 0 Å². The highest BCUT2D eigenvalue weighted by Gasteiger charge is 2.22. The van der Waals surface area contributed by atoms with Gasteiger partial charge in [-0.1, -0.05) is 0 Å². The normalized spacial score (nSPS) is 15.7. The van der Waals surface area contributed by atoms with Crippen LogP contribution in [0.4, 0.5) is 4.39 Å². The Morgan fingerprint density at radius 1 is 1.44 bits per heavy atom. The molecule has 0 saturated heterocycles. The molecule has 2 aromatic rings. The third-order valence-electron chi connectivity index (χ3n) is 3.45. The maximum absolute atomic E-state index is 13.8. The van der Waals surface area contributed by atoms with Crippen molar-refractivity contribution in [2.24, 2.45) is 0 Å². The molecule has 0 radical (unpaired) electrons. The molecule has 0 amide bonds. The summed E-state index contributed by atoms with van der Waals surface area (Å²) in [5.41, 5.74) is 2.12. The van der Waals surface area contributed by atoms with Gasteiger partial charge in [0.2, 0.25) is 0 Å². The van der Waals surface area contributed by atoms with Gasteiger partial charge in [0.05, 0.1) is 12.2 Å². The van der Waals surface area contributed by atoms with Crippen molar-refractivity contribution < 1.29 is 4.39 Å². The summed E-state index contributed by atoms with van der Waals surface area (Å²) >= 11 is 1.81. The molecule has 3 rings (SSSR count). The molecule has 94 valence electrons. The largest absolute Gasteiger partial charge is 0.309 e. The standard InChI is InChI=1S/C14H15FN2S/c1-16-14(10-5-6-17-8-11(10)15)13-7-9-3-2-4-12(9)18-13/h5-8,14,16H,2-4H2,1H3. The fourth-order valence-corrected chi connectivity index (χ4v) is 3.95. The molecular formula is C14H15FN2S. The molecule has 1 atom stereocenters. The van der Waals surface area contributed by atoms with E-state index in [-0.39, 0.29) is 11.9 Å². The molecular weight excluding hydrogens is 247 g/mol. The maximum Gasteiger partial charge on any atom is 0.146 e. The van der Waals surface area contributed by atoms with E-state index >= 15 is 0 Å². The zero-order valence-electron chi connectivity index (χ0n) is 10.2. The first-order valence-electron chi connectivity index (χ1n) is 6.17. The molecule has 2 heterocycles. The molecule has 0 aromatic carbocycles. The lowest BCUT2D eigenvalue weighted by Gasteiger charge is -2.15. The summed E-state index contributed by atoms with van der Waals surface area (Å²) in [6, 6.07) is 3.92. The van der Waals surface area contributed by atoms with E-state index in [1.165, 1.54) is 40.8 Å². The predicted octanol–water partition coefficient (Wildman–Crippen LogP) is 3.08. The van der Waals surface area contributed by atoms with Gasteiger partial charge in [0, 0.05) is 21.5 Å². The van der Waals surface area contributed by atoms with Crippen LogP contribution >= 0.6 is 11.3 Å². The van der Waals surface area contributed by atoms with Gasteiger partial charge in [-0.05, 0) is 44.0 Å². The fourth-order valence-electron chi connectivity index (χ4n) is 2.57. The van der Waals surface area contributed by atoms with E-state index in [1.54, 1.807) is 12.3 Å². The van der Waals surface area contributed by atoms with E-state index < -0.39 is 0 Å². The maximum atomic E-state index is 13.8. The first-order valence-corrected chi connectivity index (χ1v) is 6.99. The van der Waals surface area contributed by atoms with Crippen LogP contribution in [0.1, 0.15) is 33.3 Å². The van der Waals surface area contributed by atoms with Gasteiger partial charge in [0.25, 0.3) is 0 Å². The molecule has 18 heavy (non-hydrogen) atoms. The minimum Gasteiger partial charge on any atom is -0.309 e. The van der Waals surface area contributed by atoms with E-state index in [2.05, 4.69) is 16.4 Å². The van der Waals surface area contributed by atoms with Crippen LogP contribution in [0.25, 0.3) is 0 Å². The topological polar surface area (TPSA) is 24.9 Å². The van der Waals surface area contributed by atoms with Crippen molar-refractivity contribution in [1.82, 2.24) is 10.3 Å². The Labute approximate surface area is 110 Å². The molecule has 0 fully saturated rings.